The van der Waals surface area contributed by atoms with Crippen LogP contribution in [0.5, 0.6) is 5.75 Å². The first-order chi connectivity index (χ1) is 14.1. The number of halogens is 4. The molecule has 0 unspecified atom stereocenters. The second kappa shape index (κ2) is 10.3. The number of amides is 2. The third-order valence-electron chi connectivity index (χ3n) is 3.84. The minimum absolute atomic E-state index is 0.0415. The second-order valence-electron chi connectivity index (χ2n) is 6.39. The number of nitrogens with zero attached hydrogens (tertiary/aromatic N) is 1. The second-order valence-corrected chi connectivity index (χ2v) is 6.80. The Kier molecular flexibility index (Phi) is 8.08. The number of ether oxygens (including phenoxy) is 1. The van der Waals surface area contributed by atoms with Crippen LogP contribution in [0.4, 0.5) is 24.5 Å². The van der Waals surface area contributed by atoms with Crippen molar-refractivity contribution >= 4 is 34.8 Å². The Labute approximate surface area is 177 Å². The summed E-state index contributed by atoms with van der Waals surface area (Å²) in [4.78, 5) is 25.8. The summed E-state index contributed by atoms with van der Waals surface area (Å²) < 4.78 is 44.2. The van der Waals surface area contributed by atoms with E-state index in [0.29, 0.717) is 18.0 Å². The molecule has 0 saturated carbocycles. The maximum absolute atomic E-state index is 12.9. The van der Waals surface area contributed by atoms with Crippen molar-refractivity contribution in [3.8, 4) is 5.75 Å². The molecule has 0 atom stereocenters. The Morgan fingerprint density at radius 3 is 2.33 bits per heavy atom. The molecule has 0 heterocycles. The van der Waals surface area contributed by atoms with Crippen molar-refractivity contribution < 1.29 is 27.5 Å². The molecule has 0 bridgehead atoms. The van der Waals surface area contributed by atoms with Gasteiger partial charge in [0.15, 0.2) is 0 Å². The van der Waals surface area contributed by atoms with Crippen LogP contribution < -0.4 is 15.4 Å². The van der Waals surface area contributed by atoms with E-state index < -0.39 is 22.7 Å². The van der Waals surface area contributed by atoms with Gasteiger partial charge in [0.05, 0.1) is 36.0 Å². The van der Waals surface area contributed by atoms with Gasteiger partial charge in [0.2, 0.25) is 11.8 Å². The van der Waals surface area contributed by atoms with Gasteiger partial charge in [0.1, 0.15) is 5.75 Å². The van der Waals surface area contributed by atoms with Gasteiger partial charge in [-0.3, -0.25) is 14.5 Å². The SMILES string of the molecule is CCOc1ccccc1NC(=O)CN(C)CC(=O)Nc1ccc(Cl)c(C(F)(F)F)c1. The highest BCUT2D eigenvalue weighted by atomic mass is 35.5. The van der Waals surface area contributed by atoms with E-state index in [1.165, 1.54) is 18.0 Å². The molecule has 0 saturated heterocycles. The molecule has 0 aliphatic heterocycles. The lowest BCUT2D eigenvalue weighted by Gasteiger charge is -2.17. The molecular weight excluding hydrogens is 423 g/mol. The van der Waals surface area contributed by atoms with Gasteiger partial charge in [-0.2, -0.15) is 13.2 Å². The van der Waals surface area contributed by atoms with Crippen molar-refractivity contribution in [2.24, 2.45) is 0 Å². The first-order valence-corrected chi connectivity index (χ1v) is 9.34. The van der Waals surface area contributed by atoms with Gasteiger partial charge in [-0.1, -0.05) is 23.7 Å². The Hall–Kier alpha value is -2.78. The molecular formula is C20H21ClF3N3O3. The van der Waals surface area contributed by atoms with E-state index in [9.17, 15) is 22.8 Å². The molecule has 6 nitrogen and oxygen atoms in total. The van der Waals surface area contributed by atoms with E-state index in [0.717, 1.165) is 12.1 Å². The van der Waals surface area contributed by atoms with Crippen molar-refractivity contribution in [3.63, 3.8) is 0 Å². The fourth-order valence-electron chi connectivity index (χ4n) is 2.61. The number of nitrogens with one attached hydrogen (secondary N) is 2. The Bertz CT molecular complexity index is 906. The van der Waals surface area contributed by atoms with Gasteiger partial charge < -0.3 is 15.4 Å². The fourth-order valence-corrected chi connectivity index (χ4v) is 2.83. The number of likely N-dealkylation sites (N-methyl/N-ethyl adjacent to an activating group) is 1. The number of benzene rings is 2. The normalized spacial score (nSPS) is 11.3. The molecule has 162 valence electrons. The van der Waals surface area contributed by atoms with Gasteiger partial charge in [-0.05, 0) is 44.3 Å². The van der Waals surface area contributed by atoms with E-state index in [2.05, 4.69) is 10.6 Å². The summed E-state index contributed by atoms with van der Waals surface area (Å²) in [5, 5.41) is 4.62. The lowest BCUT2D eigenvalue weighted by molar-refractivity contribution is -0.137. The average molecular weight is 444 g/mol. The summed E-state index contributed by atoms with van der Waals surface area (Å²) in [7, 11) is 1.54. The van der Waals surface area contributed by atoms with Crippen molar-refractivity contribution in [3.05, 3.63) is 53.1 Å². The molecule has 2 aromatic carbocycles. The quantitative estimate of drug-likeness (QED) is 0.639. The number of hydrogen-bond acceptors (Lipinski definition) is 4. The molecule has 0 radical (unpaired) electrons. The third kappa shape index (κ3) is 6.93. The van der Waals surface area contributed by atoms with Crippen LogP contribution in [0.25, 0.3) is 0 Å². The molecule has 2 rings (SSSR count). The number of alkyl halides is 3. The molecule has 2 amide bonds. The maximum Gasteiger partial charge on any atom is 0.417 e. The van der Waals surface area contributed by atoms with Crippen molar-refractivity contribution in [1.82, 2.24) is 4.90 Å². The predicted molar refractivity (Wildman–Crippen MR) is 109 cm³/mol. The zero-order valence-electron chi connectivity index (χ0n) is 16.3. The van der Waals surface area contributed by atoms with E-state index in [4.69, 9.17) is 16.3 Å². The number of anilines is 2. The monoisotopic (exact) mass is 443 g/mol. The lowest BCUT2D eigenvalue weighted by atomic mass is 10.2. The Balaban J connectivity index is 1.91. The lowest BCUT2D eigenvalue weighted by Crippen LogP contribution is -2.36. The maximum atomic E-state index is 12.9. The average Bonchev–Trinajstić information content (AvgIpc) is 2.64. The summed E-state index contributed by atoms with van der Waals surface area (Å²) in [5.41, 5.74) is -0.578. The molecule has 30 heavy (non-hydrogen) atoms. The van der Waals surface area contributed by atoms with Crippen molar-refractivity contribution in [2.45, 2.75) is 13.1 Å². The van der Waals surface area contributed by atoms with E-state index >= 15 is 0 Å². The number of carbonyl (C=O) groups is 2. The van der Waals surface area contributed by atoms with Crippen LogP contribution in [0.15, 0.2) is 42.5 Å². The molecule has 10 heteroatoms. The number of carbonyl (C=O) groups excluding carboxylic acids is 2. The largest absolute Gasteiger partial charge is 0.492 e. The van der Waals surface area contributed by atoms with Gasteiger partial charge >= 0.3 is 6.18 Å². The third-order valence-corrected chi connectivity index (χ3v) is 4.17. The number of hydrogen-bond donors (Lipinski definition) is 2. The van der Waals surface area contributed by atoms with Crippen LogP contribution >= 0.6 is 11.6 Å². The standard InChI is InChI=1S/C20H21ClF3N3O3/c1-3-30-17-7-5-4-6-16(17)26-19(29)12-27(2)11-18(28)25-13-8-9-15(21)14(10-13)20(22,23)24/h4-10H,3,11-12H2,1-2H3,(H,25,28)(H,26,29). The molecule has 0 spiro atoms. The van der Waals surface area contributed by atoms with Gasteiger partial charge in [0.25, 0.3) is 0 Å². The van der Waals surface area contributed by atoms with Crippen LogP contribution in [0.2, 0.25) is 5.02 Å². The van der Waals surface area contributed by atoms with Crippen LogP contribution in [-0.4, -0.2) is 43.5 Å². The van der Waals surface area contributed by atoms with E-state index in [-0.39, 0.29) is 24.7 Å². The Morgan fingerprint density at radius 1 is 1.07 bits per heavy atom. The summed E-state index contributed by atoms with van der Waals surface area (Å²) in [6.07, 6.45) is -4.63. The minimum atomic E-state index is -4.63. The fraction of sp³-hybridized carbons (Fsp3) is 0.300. The highest BCUT2D eigenvalue weighted by Crippen LogP contribution is 2.36. The summed E-state index contributed by atoms with van der Waals surface area (Å²) >= 11 is 5.56. The van der Waals surface area contributed by atoms with Gasteiger partial charge in [0, 0.05) is 5.69 Å². The van der Waals surface area contributed by atoms with E-state index in [1.54, 1.807) is 24.3 Å². The number of rotatable bonds is 8. The van der Waals surface area contributed by atoms with Crippen LogP contribution in [-0.2, 0) is 15.8 Å². The topological polar surface area (TPSA) is 70.7 Å². The Morgan fingerprint density at radius 2 is 1.70 bits per heavy atom. The first-order valence-electron chi connectivity index (χ1n) is 8.97. The molecule has 0 aromatic heterocycles. The summed E-state index contributed by atoms with van der Waals surface area (Å²) in [6.45, 7) is 1.95. The van der Waals surface area contributed by atoms with Crippen molar-refractivity contribution in [2.75, 3.05) is 37.4 Å². The molecule has 2 aromatic rings. The highest BCUT2D eigenvalue weighted by Gasteiger charge is 2.33. The molecule has 0 aliphatic carbocycles. The zero-order valence-corrected chi connectivity index (χ0v) is 17.1. The summed E-state index contributed by atoms with van der Waals surface area (Å²) in [6, 6.07) is 10.0. The van der Waals surface area contributed by atoms with E-state index in [1.807, 2.05) is 6.92 Å². The molecule has 2 N–H and O–H groups in total. The highest BCUT2D eigenvalue weighted by molar-refractivity contribution is 6.31. The predicted octanol–water partition coefficient (Wildman–Crippen LogP) is 4.27. The van der Waals surface area contributed by atoms with Crippen LogP contribution in [0.1, 0.15) is 12.5 Å². The van der Waals surface area contributed by atoms with Crippen LogP contribution in [0.3, 0.4) is 0 Å². The minimum Gasteiger partial charge on any atom is -0.492 e. The smallest absolute Gasteiger partial charge is 0.417 e. The first kappa shape index (κ1) is 23.5. The number of para-hydroxylation sites is 2. The molecule has 0 fully saturated rings. The molecule has 0 aliphatic rings. The zero-order chi connectivity index (χ0) is 22.3. The van der Waals surface area contributed by atoms with Crippen LogP contribution in [0, 0.1) is 0 Å². The van der Waals surface area contributed by atoms with Gasteiger partial charge in [-0.15, -0.1) is 0 Å². The van der Waals surface area contributed by atoms with Gasteiger partial charge in [-0.25, -0.2) is 0 Å². The summed E-state index contributed by atoms with van der Waals surface area (Å²) in [5.74, 6) is -0.421. The van der Waals surface area contributed by atoms with Crippen molar-refractivity contribution in [1.29, 1.82) is 0 Å².